The molecular formula is C32H33F3N2O4. The number of hydrogen-bond acceptors (Lipinski definition) is 5. The first-order chi connectivity index (χ1) is 19.4. The lowest BCUT2D eigenvalue weighted by molar-refractivity contribution is -0.212. The fourth-order valence-electron chi connectivity index (χ4n) is 8.41. The van der Waals surface area contributed by atoms with Gasteiger partial charge in [-0.2, -0.15) is 13.2 Å². The number of benzene rings is 2. The molecule has 216 valence electrons. The van der Waals surface area contributed by atoms with E-state index in [-0.39, 0.29) is 17.7 Å². The second-order valence-corrected chi connectivity index (χ2v) is 12.7. The third kappa shape index (κ3) is 3.83. The van der Waals surface area contributed by atoms with Crippen molar-refractivity contribution in [2.24, 2.45) is 11.8 Å². The first kappa shape index (κ1) is 26.7. The number of carbonyl (C=O) groups excluding carboxylic acids is 1. The molecule has 41 heavy (non-hydrogen) atoms. The Bertz CT molecular complexity index is 1480. The van der Waals surface area contributed by atoms with E-state index in [0.717, 1.165) is 36.3 Å². The molecule has 2 bridgehead atoms. The quantitative estimate of drug-likeness (QED) is 0.548. The van der Waals surface area contributed by atoms with E-state index in [1.54, 1.807) is 18.0 Å². The molecule has 9 heteroatoms. The maximum absolute atomic E-state index is 13.4. The Balaban J connectivity index is 1.23. The average Bonchev–Trinajstić information content (AvgIpc) is 3.67. The van der Waals surface area contributed by atoms with Crippen LogP contribution in [0.1, 0.15) is 54.9 Å². The minimum Gasteiger partial charge on any atom is -0.504 e. The van der Waals surface area contributed by atoms with Crippen molar-refractivity contribution in [3.8, 4) is 23.3 Å². The molecule has 2 aliphatic heterocycles. The van der Waals surface area contributed by atoms with Crippen LogP contribution in [-0.2, 0) is 22.8 Å². The lowest BCUT2D eigenvalue weighted by atomic mass is 9.46. The van der Waals surface area contributed by atoms with Crippen molar-refractivity contribution >= 4 is 5.91 Å². The summed E-state index contributed by atoms with van der Waals surface area (Å²) in [7, 11) is 1.67. The van der Waals surface area contributed by atoms with Gasteiger partial charge in [-0.25, -0.2) is 0 Å². The highest BCUT2D eigenvalue weighted by molar-refractivity contribution is 5.94. The van der Waals surface area contributed by atoms with Crippen LogP contribution in [0.3, 0.4) is 0 Å². The highest BCUT2D eigenvalue weighted by Crippen LogP contribution is 2.66. The van der Waals surface area contributed by atoms with Crippen LogP contribution in [0, 0.1) is 23.7 Å². The zero-order chi connectivity index (χ0) is 28.9. The molecule has 5 aliphatic rings. The van der Waals surface area contributed by atoms with Gasteiger partial charge in [0.2, 0.25) is 0 Å². The van der Waals surface area contributed by atoms with E-state index < -0.39 is 40.8 Å². The largest absolute Gasteiger partial charge is 0.504 e. The number of rotatable bonds is 3. The van der Waals surface area contributed by atoms with E-state index in [4.69, 9.17) is 4.74 Å². The van der Waals surface area contributed by atoms with Gasteiger partial charge in [0.25, 0.3) is 5.91 Å². The van der Waals surface area contributed by atoms with Gasteiger partial charge in [-0.3, -0.25) is 9.69 Å². The van der Waals surface area contributed by atoms with Crippen molar-refractivity contribution in [1.82, 2.24) is 9.80 Å². The summed E-state index contributed by atoms with van der Waals surface area (Å²) in [6.45, 7) is 3.81. The van der Waals surface area contributed by atoms with Gasteiger partial charge in [0.05, 0.1) is 22.6 Å². The van der Waals surface area contributed by atoms with E-state index in [9.17, 15) is 28.2 Å². The van der Waals surface area contributed by atoms with Gasteiger partial charge in [0.1, 0.15) is 6.10 Å². The summed E-state index contributed by atoms with van der Waals surface area (Å²) in [6.07, 6.45) is -0.747. The summed E-state index contributed by atoms with van der Waals surface area (Å²) >= 11 is 0. The summed E-state index contributed by atoms with van der Waals surface area (Å²) in [5.74, 6) is 5.82. The topological polar surface area (TPSA) is 73.2 Å². The number of aliphatic hydroxyl groups is 1. The number of likely N-dealkylation sites (tertiary alicyclic amines) is 1. The number of carbonyl (C=O) groups is 1. The van der Waals surface area contributed by atoms with Gasteiger partial charge >= 0.3 is 6.18 Å². The Morgan fingerprint density at radius 3 is 2.61 bits per heavy atom. The standard InChI is InChI=1S/C32H33F3N2O4/c1-18-16-31(40)24-15-21-8-11-23(38)28-26(21)30(31,13-14-37(24)17-20-3-4-20)29(41-28)27(18)36(2)25(39)12-7-19-5-9-22(10-6-19)32(33,34)35/h5-6,8-11,18,20,24,27,29,38,40H,3-4,13-17H2,1-2H3/t18-,24+,27-,29-,30-,31+/m0/s1. The van der Waals surface area contributed by atoms with Gasteiger partial charge in [-0.15, -0.1) is 0 Å². The third-order valence-corrected chi connectivity index (χ3v) is 10.4. The van der Waals surface area contributed by atoms with Crippen LogP contribution in [0.15, 0.2) is 36.4 Å². The number of nitrogens with zero attached hydrogens (tertiary/aromatic N) is 2. The molecule has 1 saturated heterocycles. The Hall–Kier alpha value is -3.22. The van der Waals surface area contributed by atoms with Crippen molar-refractivity contribution < 1.29 is 32.9 Å². The van der Waals surface area contributed by atoms with Crippen molar-refractivity contribution in [1.29, 1.82) is 0 Å². The lowest BCUT2D eigenvalue weighted by Gasteiger charge is -2.66. The molecule has 7 rings (SSSR count). The summed E-state index contributed by atoms with van der Waals surface area (Å²) in [5.41, 5.74) is -0.347. The van der Waals surface area contributed by atoms with Crippen LogP contribution in [0.25, 0.3) is 0 Å². The van der Waals surface area contributed by atoms with E-state index in [2.05, 4.69) is 16.7 Å². The van der Waals surface area contributed by atoms with E-state index in [1.807, 2.05) is 13.0 Å². The van der Waals surface area contributed by atoms with Crippen LogP contribution >= 0.6 is 0 Å². The number of aromatic hydroxyl groups is 1. The average molecular weight is 567 g/mol. The molecule has 3 fully saturated rings. The van der Waals surface area contributed by atoms with Crippen molar-refractivity contribution in [2.75, 3.05) is 20.1 Å². The SMILES string of the molecule is C[C@H]1C[C@@]2(O)[C@H]3Cc4ccc(O)c5c4[C@@]2(CCN3CC2CC2)[C@@H](O5)[C@H]1N(C)C(=O)C#Cc1ccc(C(F)(F)F)cc1. The highest BCUT2D eigenvalue weighted by Gasteiger charge is 2.74. The number of phenols is 1. The van der Waals surface area contributed by atoms with Gasteiger partial charge in [-0.1, -0.05) is 18.9 Å². The zero-order valence-electron chi connectivity index (χ0n) is 23.0. The number of piperidine rings is 1. The maximum atomic E-state index is 13.4. The molecule has 2 aromatic carbocycles. The molecule has 0 aromatic heterocycles. The van der Waals surface area contributed by atoms with E-state index in [0.29, 0.717) is 36.5 Å². The third-order valence-electron chi connectivity index (χ3n) is 10.4. The zero-order valence-corrected chi connectivity index (χ0v) is 23.0. The first-order valence-corrected chi connectivity index (χ1v) is 14.4. The molecule has 2 heterocycles. The normalized spacial score (nSPS) is 33.3. The van der Waals surface area contributed by atoms with E-state index in [1.165, 1.54) is 25.0 Å². The minimum absolute atomic E-state index is 0.0382. The molecule has 6 nitrogen and oxygen atoms in total. The summed E-state index contributed by atoms with van der Waals surface area (Å²) < 4.78 is 45.3. The molecule has 2 aromatic rings. The second kappa shape index (κ2) is 8.89. The summed E-state index contributed by atoms with van der Waals surface area (Å²) in [4.78, 5) is 17.4. The predicted octanol–water partition coefficient (Wildman–Crippen LogP) is 4.10. The number of ether oxygens (including phenoxy) is 1. The van der Waals surface area contributed by atoms with Crippen molar-refractivity contribution in [3.05, 3.63) is 58.7 Å². The number of hydrogen-bond donors (Lipinski definition) is 2. The van der Waals surface area contributed by atoms with Crippen LogP contribution in [-0.4, -0.2) is 69.8 Å². The smallest absolute Gasteiger partial charge is 0.416 e. The van der Waals surface area contributed by atoms with Gasteiger partial charge in [0, 0.05) is 36.7 Å². The number of phenolic OH excluding ortho intramolecular Hbond substituents is 1. The fourth-order valence-corrected chi connectivity index (χ4v) is 8.41. The van der Waals surface area contributed by atoms with Crippen LogP contribution in [0.2, 0.25) is 0 Å². The second-order valence-electron chi connectivity index (χ2n) is 12.7. The maximum Gasteiger partial charge on any atom is 0.416 e. The van der Waals surface area contributed by atoms with Gasteiger partial charge < -0.3 is 19.8 Å². The first-order valence-electron chi connectivity index (χ1n) is 14.4. The van der Waals surface area contributed by atoms with Gasteiger partial charge in [-0.05, 0) is 86.4 Å². The Kier molecular flexibility index (Phi) is 5.78. The molecule has 2 saturated carbocycles. The molecule has 1 spiro atoms. The number of likely N-dealkylation sites (N-methyl/N-ethyl adjacent to an activating group) is 1. The minimum atomic E-state index is -4.44. The summed E-state index contributed by atoms with van der Waals surface area (Å²) in [6, 6.07) is 7.51. The number of alkyl halides is 3. The predicted molar refractivity (Wildman–Crippen MR) is 144 cm³/mol. The summed E-state index contributed by atoms with van der Waals surface area (Å²) in [5, 5.41) is 23.6. The fraction of sp³-hybridized carbons (Fsp3) is 0.531. The van der Waals surface area contributed by atoms with Crippen molar-refractivity contribution in [3.63, 3.8) is 0 Å². The lowest BCUT2D eigenvalue weighted by Crippen LogP contribution is -2.79. The molecule has 3 aliphatic carbocycles. The molecular weight excluding hydrogens is 533 g/mol. The van der Waals surface area contributed by atoms with Crippen LogP contribution in [0.5, 0.6) is 11.5 Å². The van der Waals surface area contributed by atoms with Gasteiger partial charge in [0.15, 0.2) is 11.5 Å². The number of amides is 1. The van der Waals surface area contributed by atoms with Crippen LogP contribution < -0.4 is 4.74 Å². The van der Waals surface area contributed by atoms with Crippen molar-refractivity contribution in [2.45, 2.75) is 74.4 Å². The Labute approximate surface area is 237 Å². The van der Waals surface area contributed by atoms with E-state index >= 15 is 0 Å². The Morgan fingerprint density at radius 1 is 1.20 bits per heavy atom. The van der Waals surface area contributed by atoms with Crippen LogP contribution in [0.4, 0.5) is 13.2 Å². The molecule has 6 atom stereocenters. The number of halogens is 3. The Morgan fingerprint density at radius 2 is 1.93 bits per heavy atom. The monoisotopic (exact) mass is 566 g/mol. The molecule has 0 unspecified atom stereocenters. The highest BCUT2D eigenvalue weighted by atomic mass is 19.4. The molecule has 0 radical (unpaired) electrons. The molecule has 2 N–H and O–H groups in total. The molecule has 1 amide bonds.